The van der Waals surface area contributed by atoms with E-state index in [1.165, 1.54) is 6.20 Å². The van der Waals surface area contributed by atoms with Crippen LogP contribution < -0.4 is 5.32 Å². The highest BCUT2D eigenvalue weighted by atomic mass is 35.5. The number of halogens is 2. The molecule has 1 N–H and O–H groups in total. The summed E-state index contributed by atoms with van der Waals surface area (Å²) in [7, 11) is 1.74. The zero-order valence-electron chi connectivity index (χ0n) is 13.9. The van der Waals surface area contributed by atoms with Gasteiger partial charge in [-0.25, -0.2) is 0 Å². The molecule has 0 spiro atoms. The molecule has 1 heterocycles. The largest absolute Gasteiger partial charge is 0.346 e. The lowest BCUT2D eigenvalue weighted by Gasteiger charge is -2.10. The van der Waals surface area contributed by atoms with Gasteiger partial charge in [0.25, 0.3) is 5.91 Å². The van der Waals surface area contributed by atoms with Gasteiger partial charge in [-0.3, -0.25) is 14.3 Å². The normalized spacial score (nSPS) is 10.6. The zero-order valence-corrected chi connectivity index (χ0v) is 15.4. The second-order valence-corrected chi connectivity index (χ2v) is 6.47. The first-order valence-corrected chi connectivity index (χ1v) is 8.57. The van der Waals surface area contributed by atoms with Crippen molar-refractivity contribution in [2.24, 2.45) is 7.05 Å². The molecule has 0 aliphatic rings. The van der Waals surface area contributed by atoms with E-state index < -0.39 is 0 Å². The molecule has 0 aliphatic heterocycles. The molecule has 7 heteroatoms. The second-order valence-electron chi connectivity index (χ2n) is 5.63. The van der Waals surface area contributed by atoms with Gasteiger partial charge in [0.2, 0.25) is 0 Å². The van der Waals surface area contributed by atoms with Crippen molar-refractivity contribution >= 4 is 34.9 Å². The van der Waals surface area contributed by atoms with Crippen LogP contribution in [0, 0.1) is 0 Å². The Hall–Kier alpha value is -2.63. The maximum atomic E-state index is 12.8. The third kappa shape index (κ3) is 3.79. The molecule has 5 nitrogen and oxygen atoms in total. The molecule has 132 valence electrons. The van der Waals surface area contributed by atoms with Crippen LogP contribution in [0.3, 0.4) is 0 Å². The topological polar surface area (TPSA) is 64.0 Å². The predicted octanol–water partition coefficient (Wildman–Crippen LogP) is 3.89. The van der Waals surface area contributed by atoms with Crippen molar-refractivity contribution in [2.45, 2.75) is 6.54 Å². The molecule has 0 fully saturated rings. The number of carbonyl (C=O) groups is 2. The number of nitrogens with one attached hydrogen (secondary N) is 1. The number of nitrogens with zero attached hydrogens (tertiary/aromatic N) is 2. The Morgan fingerprint density at radius 1 is 1.04 bits per heavy atom. The Morgan fingerprint density at radius 3 is 2.31 bits per heavy atom. The molecule has 0 saturated carbocycles. The van der Waals surface area contributed by atoms with Crippen LogP contribution >= 0.6 is 23.2 Å². The fourth-order valence-corrected chi connectivity index (χ4v) is 2.89. The minimum absolute atomic E-state index is 0.206. The molecule has 1 aromatic heterocycles. The average Bonchev–Trinajstić information content (AvgIpc) is 2.97. The van der Waals surface area contributed by atoms with Gasteiger partial charge in [-0.1, -0.05) is 41.4 Å². The number of ketones is 1. The van der Waals surface area contributed by atoms with Gasteiger partial charge in [-0.15, -0.1) is 0 Å². The zero-order chi connectivity index (χ0) is 18.7. The van der Waals surface area contributed by atoms with Gasteiger partial charge in [0.15, 0.2) is 5.78 Å². The summed E-state index contributed by atoms with van der Waals surface area (Å²) in [4.78, 5) is 25.4. The van der Waals surface area contributed by atoms with Gasteiger partial charge in [-0.2, -0.15) is 5.10 Å². The standard InChI is InChI=1S/C19H15Cl2N3O2/c1-24-17(16(21)10-23-24)11-22-19(26)15-5-3-2-4-14(15)18(25)12-6-8-13(20)9-7-12/h2-10H,11H2,1H3,(H,22,26). The smallest absolute Gasteiger partial charge is 0.252 e. The quantitative estimate of drug-likeness (QED) is 0.675. The van der Waals surface area contributed by atoms with Crippen molar-refractivity contribution in [2.75, 3.05) is 0 Å². The molecule has 0 radical (unpaired) electrons. The molecular weight excluding hydrogens is 373 g/mol. The van der Waals surface area contributed by atoms with Gasteiger partial charge in [0, 0.05) is 23.2 Å². The van der Waals surface area contributed by atoms with Crippen molar-refractivity contribution in [3.8, 4) is 0 Å². The monoisotopic (exact) mass is 387 g/mol. The van der Waals surface area contributed by atoms with Crippen LogP contribution in [0.4, 0.5) is 0 Å². The van der Waals surface area contributed by atoms with Gasteiger partial charge in [0.05, 0.1) is 29.0 Å². The van der Waals surface area contributed by atoms with E-state index in [4.69, 9.17) is 23.2 Å². The van der Waals surface area contributed by atoms with Crippen molar-refractivity contribution in [3.63, 3.8) is 0 Å². The second kappa shape index (κ2) is 7.72. The molecule has 0 aliphatic carbocycles. The van der Waals surface area contributed by atoms with Gasteiger partial charge < -0.3 is 5.32 Å². The average molecular weight is 388 g/mol. The molecule has 0 saturated heterocycles. The van der Waals surface area contributed by atoms with E-state index >= 15 is 0 Å². The van der Waals surface area contributed by atoms with E-state index in [0.717, 1.165) is 0 Å². The molecule has 1 amide bonds. The van der Waals surface area contributed by atoms with Gasteiger partial charge >= 0.3 is 0 Å². The summed E-state index contributed by atoms with van der Waals surface area (Å²) in [6, 6.07) is 13.2. The molecule has 3 aromatic rings. The molecule has 0 bridgehead atoms. The van der Waals surface area contributed by atoms with Crippen molar-refractivity contribution in [1.29, 1.82) is 0 Å². The molecule has 3 rings (SSSR count). The molecule has 0 unspecified atom stereocenters. The first-order valence-electron chi connectivity index (χ1n) is 7.81. The van der Waals surface area contributed by atoms with Crippen LogP contribution in [0.1, 0.15) is 32.0 Å². The van der Waals surface area contributed by atoms with E-state index in [1.54, 1.807) is 60.3 Å². The molecule has 26 heavy (non-hydrogen) atoms. The van der Waals surface area contributed by atoms with E-state index in [2.05, 4.69) is 10.4 Å². The molecule has 0 atom stereocenters. The highest BCUT2D eigenvalue weighted by molar-refractivity contribution is 6.31. The number of aromatic nitrogens is 2. The van der Waals surface area contributed by atoms with Crippen LogP contribution in [-0.4, -0.2) is 21.5 Å². The van der Waals surface area contributed by atoms with E-state index in [9.17, 15) is 9.59 Å². The Balaban J connectivity index is 1.83. The Morgan fingerprint density at radius 2 is 1.69 bits per heavy atom. The summed E-state index contributed by atoms with van der Waals surface area (Å²) >= 11 is 11.9. The fraction of sp³-hybridized carbons (Fsp3) is 0.105. The number of hydrogen-bond acceptors (Lipinski definition) is 3. The highest BCUT2D eigenvalue weighted by Gasteiger charge is 2.18. The number of amides is 1. The molecular formula is C19H15Cl2N3O2. The maximum absolute atomic E-state index is 12.8. The number of rotatable bonds is 5. The highest BCUT2D eigenvalue weighted by Crippen LogP contribution is 2.18. The molecule has 2 aromatic carbocycles. The summed E-state index contributed by atoms with van der Waals surface area (Å²) in [5.74, 6) is -0.605. The van der Waals surface area contributed by atoms with Crippen LogP contribution in [0.5, 0.6) is 0 Å². The summed E-state index contributed by atoms with van der Waals surface area (Å²) in [5, 5.41) is 7.82. The number of aryl methyl sites for hydroxylation is 1. The predicted molar refractivity (Wildman–Crippen MR) is 101 cm³/mol. The Kier molecular flexibility index (Phi) is 5.40. The van der Waals surface area contributed by atoms with E-state index in [-0.39, 0.29) is 18.2 Å². The lowest BCUT2D eigenvalue weighted by atomic mass is 9.98. The first-order chi connectivity index (χ1) is 12.5. The van der Waals surface area contributed by atoms with E-state index in [1.807, 2.05) is 0 Å². The minimum atomic E-state index is -0.361. The minimum Gasteiger partial charge on any atom is -0.346 e. The SMILES string of the molecule is Cn1ncc(Cl)c1CNC(=O)c1ccccc1C(=O)c1ccc(Cl)cc1. The van der Waals surface area contributed by atoms with Gasteiger partial charge in [-0.05, 0) is 30.3 Å². The summed E-state index contributed by atoms with van der Waals surface area (Å²) < 4.78 is 1.59. The van der Waals surface area contributed by atoms with Crippen LogP contribution in [-0.2, 0) is 13.6 Å². The summed E-state index contributed by atoms with van der Waals surface area (Å²) in [5.41, 5.74) is 1.76. The third-order valence-electron chi connectivity index (χ3n) is 3.95. The summed E-state index contributed by atoms with van der Waals surface area (Å²) in [6.07, 6.45) is 1.51. The van der Waals surface area contributed by atoms with Gasteiger partial charge in [0.1, 0.15) is 0 Å². The van der Waals surface area contributed by atoms with Crippen LogP contribution in [0.2, 0.25) is 10.0 Å². The van der Waals surface area contributed by atoms with Crippen molar-refractivity contribution in [1.82, 2.24) is 15.1 Å². The lowest BCUT2D eigenvalue weighted by molar-refractivity contribution is 0.0939. The first kappa shape index (κ1) is 18.2. The van der Waals surface area contributed by atoms with E-state index in [0.29, 0.717) is 32.4 Å². The Bertz CT molecular complexity index is 946. The fourth-order valence-electron chi connectivity index (χ4n) is 2.53. The van der Waals surface area contributed by atoms with Crippen molar-refractivity contribution < 1.29 is 9.59 Å². The third-order valence-corrected chi connectivity index (χ3v) is 4.52. The number of benzene rings is 2. The van der Waals surface area contributed by atoms with Crippen molar-refractivity contribution in [3.05, 3.63) is 87.2 Å². The number of carbonyl (C=O) groups excluding carboxylic acids is 2. The van der Waals surface area contributed by atoms with Crippen LogP contribution in [0.15, 0.2) is 54.7 Å². The Labute approximate surface area is 160 Å². The maximum Gasteiger partial charge on any atom is 0.252 e. The summed E-state index contributed by atoms with van der Waals surface area (Å²) in [6.45, 7) is 0.206. The van der Waals surface area contributed by atoms with Crippen LogP contribution in [0.25, 0.3) is 0 Å². The lowest BCUT2D eigenvalue weighted by Crippen LogP contribution is -2.26. The number of hydrogen-bond donors (Lipinski definition) is 1.